The van der Waals surface area contributed by atoms with Crippen molar-refractivity contribution in [2.75, 3.05) is 13.7 Å². The molecule has 0 aliphatic carbocycles. The lowest BCUT2D eigenvalue weighted by Gasteiger charge is -2.29. The van der Waals surface area contributed by atoms with Crippen LogP contribution in [0.15, 0.2) is 48.5 Å². The summed E-state index contributed by atoms with van der Waals surface area (Å²) in [4.78, 5) is 27.4. The number of ether oxygens (including phenoxy) is 1. The van der Waals surface area contributed by atoms with Crippen LogP contribution >= 0.6 is 11.6 Å². The number of amides is 2. The van der Waals surface area contributed by atoms with Crippen LogP contribution in [0.25, 0.3) is 0 Å². The molecule has 2 rings (SSSR count). The van der Waals surface area contributed by atoms with Gasteiger partial charge in [-0.25, -0.2) is 0 Å². The molecule has 6 heteroatoms. The Hall–Kier alpha value is -2.53. The zero-order valence-electron chi connectivity index (χ0n) is 17.4. The molecule has 29 heavy (non-hydrogen) atoms. The Morgan fingerprint density at radius 2 is 1.76 bits per heavy atom. The second-order valence-electron chi connectivity index (χ2n) is 7.49. The highest BCUT2D eigenvalue weighted by Gasteiger charge is 2.26. The smallest absolute Gasteiger partial charge is 0.242 e. The molecule has 0 saturated carbocycles. The average molecular weight is 417 g/mol. The van der Waals surface area contributed by atoms with E-state index in [1.165, 1.54) is 0 Å². The molecular formula is C23H29ClN2O3. The lowest BCUT2D eigenvalue weighted by molar-refractivity contribution is -0.140. The van der Waals surface area contributed by atoms with Gasteiger partial charge in [0.25, 0.3) is 0 Å². The molecule has 2 aromatic carbocycles. The Morgan fingerprint density at radius 1 is 1.07 bits per heavy atom. The summed E-state index contributed by atoms with van der Waals surface area (Å²) in [5.74, 6) is 0.790. The predicted molar refractivity (Wildman–Crippen MR) is 116 cm³/mol. The van der Waals surface area contributed by atoms with Crippen LogP contribution in [0.1, 0.15) is 31.9 Å². The highest BCUT2D eigenvalue weighted by atomic mass is 35.5. The fraction of sp³-hybridized carbons (Fsp3) is 0.391. The normalized spacial score (nSPS) is 11.8. The van der Waals surface area contributed by atoms with Crippen molar-refractivity contribution >= 4 is 23.4 Å². The van der Waals surface area contributed by atoms with Gasteiger partial charge in [-0.1, -0.05) is 49.7 Å². The molecule has 0 fully saturated rings. The summed E-state index contributed by atoms with van der Waals surface area (Å²) >= 11 is 6.05. The van der Waals surface area contributed by atoms with Crippen LogP contribution in [0.2, 0.25) is 5.02 Å². The Labute approximate surface area is 178 Å². The molecular weight excluding hydrogens is 388 g/mol. The van der Waals surface area contributed by atoms with Crippen molar-refractivity contribution < 1.29 is 14.3 Å². The van der Waals surface area contributed by atoms with E-state index in [9.17, 15) is 9.59 Å². The number of hydrogen-bond donors (Lipinski definition) is 1. The molecule has 0 spiro atoms. The van der Waals surface area contributed by atoms with Crippen molar-refractivity contribution in [2.24, 2.45) is 5.92 Å². The molecule has 2 amide bonds. The van der Waals surface area contributed by atoms with E-state index < -0.39 is 6.04 Å². The van der Waals surface area contributed by atoms with Gasteiger partial charge in [0.1, 0.15) is 11.8 Å². The molecule has 156 valence electrons. The fourth-order valence-corrected chi connectivity index (χ4v) is 3.10. The van der Waals surface area contributed by atoms with Gasteiger partial charge in [0.15, 0.2) is 0 Å². The standard InChI is InChI=1S/C23H29ClN2O3/c1-16(2)14-25-23(28)17(3)26(15-18-8-10-21(29-4)11-9-18)22(27)13-19-6-5-7-20(24)12-19/h5-12,16-17H,13-15H2,1-4H3,(H,25,28)/t17-/m1/s1. The summed E-state index contributed by atoms with van der Waals surface area (Å²) in [6, 6.07) is 14.1. The number of rotatable bonds is 9. The van der Waals surface area contributed by atoms with Crippen LogP contribution in [-0.4, -0.2) is 36.4 Å². The maximum atomic E-state index is 13.1. The number of benzene rings is 2. The Kier molecular flexibility index (Phi) is 8.52. The van der Waals surface area contributed by atoms with E-state index in [1.807, 2.05) is 50.2 Å². The maximum absolute atomic E-state index is 13.1. The summed E-state index contributed by atoms with van der Waals surface area (Å²) in [6.07, 6.45) is 0.179. The second kappa shape index (κ2) is 10.9. The topological polar surface area (TPSA) is 58.6 Å². The van der Waals surface area contributed by atoms with Gasteiger partial charge in [-0.05, 0) is 48.2 Å². The van der Waals surface area contributed by atoms with E-state index in [1.54, 1.807) is 31.1 Å². The molecule has 0 saturated heterocycles. The first kappa shape index (κ1) is 22.8. The first-order valence-electron chi connectivity index (χ1n) is 9.74. The number of hydrogen-bond acceptors (Lipinski definition) is 3. The lowest BCUT2D eigenvalue weighted by Crippen LogP contribution is -2.48. The number of carbonyl (C=O) groups is 2. The SMILES string of the molecule is COc1ccc(CN(C(=O)Cc2cccc(Cl)c2)[C@H](C)C(=O)NCC(C)C)cc1. The summed E-state index contributed by atoms with van der Waals surface area (Å²) in [6.45, 7) is 6.73. The average Bonchev–Trinajstić information content (AvgIpc) is 2.70. The van der Waals surface area contributed by atoms with Gasteiger partial charge in [-0.3, -0.25) is 9.59 Å². The van der Waals surface area contributed by atoms with Gasteiger partial charge in [0.05, 0.1) is 13.5 Å². The van der Waals surface area contributed by atoms with E-state index in [0.717, 1.165) is 16.9 Å². The lowest BCUT2D eigenvalue weighted by atomic mass is 10.1. The van der Waals surface area contributed by atoms with Crippen LogP contribution in [0.5, 0.6) is 5.75 Å². The first-order valence-corrected chi connectivity index (χ1v) is 10.1. The summed E-state index contributed by atoms with van der Waals surface area (Å²) in [5.41, 5.74) is 1.74. The van der Waals surface area contributed by atoms with E-state index in [4.69, 9.17) is 16.3 Å². The monoisotopic (exact) mass is 416 g/mol. The molecule has 0 heterocycles. The van der Waals surface area contributed by atoms with Crippen LogP contribution < -0.4 is 10.1 Å². The minimum absolute atomic E-state index is 0.129. The highest BCUT2D eigenvalue weighted by molar-refractivity contribution is 6.30. The quantitative estimate of drug-likeness (QED) is 0.670. The minimum Gasteiger partial charge on any atom is -0.497 e. The first-order chi connectivity index (χ1) is 13.8. The Balaban J connectivity index is 2.20. The molecule has 0 aromatic heterocycles. The molecule has 0 unspecified atom stereocenters. The zero-order valence-corrected chi connectivity index (χ0v) is 18.2. The van der Waals surface area contributed by atoms with Crippen LogP contribution in [0.3, 0.4) is 0 Å². The number of methoxy groups -OCH3 is 1. The molecule has 0 aliphatic heterocycles. The van der Waals surface area contributed by atoms with Crippen LogP contribution in [-0.2, 0) is 22.6 Å². The molecule has 0 aliphatic rings. The summed E-state index contributed by atoms with van der Waals surface area (Å²) in [5, 5.41) is 3.50. The van der Waals surface area contributed by atoms with Crippen molar-refractivity contribution in [1.82, 2.24) is 10.2 Å². The van der Waals surface area contributed by atoms with Crippen molar-refractivity contribution in [3.05, 3.63) is 64.7 Å². The van der Waals surface area contributed by atoms with Gasteiger partial charge in [-0.2, -0.15) is 0 Å². The Morgan fingerprint density at radius 3 is 2.34 bits per heavy atom. The third kappa shape index (κ3) is 7.09. The molecule has 1 N–H and O–H groups in total. The largest absolute Gasteiger partial charge is 0.497 e. The maximum Gasteiger partial charge on any atom is 0.242 e. The van der Waals surface area contributed by atoms with E-state index in [2.05, 4.69) is 5.32 Å². The Bertz CT molecular complexity index is 821. The van der Waals surface area contributed by atoms with Crippen molar-refractivity contribution in [1.29, 1.82) is 0 Å². The van der Waals surface area contributed by atoms with Crippen molar-refractivity contribution in [2.45, 2.75) is 39.8 Å². The molecule has 0 radical (unpaired) electrons. The van der Waals surface area contributed by atoms with Crippen molar-refractivity contribution in [3.8, 4) is 5.75 Å². The number of nitrogens with zero attached hydrogens (tertiary/aromatic N) is 1. The zero-order chi connectivity index (χ0) is 21.4. The van der Waals surface area contributed by atoms with Gasteiger partial charge in [0.2, 0.25) is 11.8 Å². The number of nitrogens with one attached hydrogen (secondary N) is 1. The minimum atomic E-state index is -0.595. The highest BCUT2D eigenvalue weighted by Crippen LogP contribution is 2.17. The van der Waals surface area contributed by atoms with Gasteiger partial charge in [0, 0.05) is 18.1 Å². The van der Waals surface area contributed by atoms with E-state index in [-0.39, 0.29) is 18.2 Å². The van der Waals surface area contributed by atoms with E-state index >= 15 is 0 Å². The third-order valence-corrected chi connectivity index (χ3v) is 4.84. The third-order valence-electron chi connectivity index (χ3n) is 4.61. The van der Waals surface area contributed by atoms with Gasteiger partial charge < -0.3 is 15.0 Å². The van der Waals surface area contributed by atoms with Crippen molar-refractivity contribution in [3.63, 3.8) is 0 Å². The molecule has 1 atom stereocenters. The number of halogens is 1. The molecule has 0 bridgehead atoms. The number of carbonyl (C=O) groups excluding carboxylic acids is 2. The second-order valence-corrected chi connectivity index (χ2v) is 7.93. The van der Waals surface area contributed by atoms with E-state index in [0.29, 0.717) is 24.0 Å². The molecule has 5 nitrogen and oxygen atoms in total. The van der Waals surface area contributed by atoms with Gasteiger partial charge >= 0.3 is 0 Å². The van der Waals surface area contributed by atoms with Crippen LogP contribution in [0.4, 0.5) is 0 Å². The van der Waals surface area contributed by atoms with Gasteiger partial charge in [-0.15, -0.1) is 0 Å². The summed E-state index contributed by atoms with van der Waals surface area (Å²) < 4.78 is 5.19. The summed E-state index contributed by atoms with van der Waals surface area (Å²) in [7, 11) is 1.61. The molecule has 2 aromatic rings. The predicted octanol–water partition coefficient (Wildman–Crippen LogP) is 4.08. The fourth-order valence-electron chi connectivity index (χ4n) is 2.89. The van der Waals surface area contributed by atoms with Crippen LogP contribution in [0, 0.1) is 5.92 Å².